The minimum atomic E-state index is 0.628. The fourth-order valence-electron chi connectivity index (χ4n) is 2.75. The molecule has 2 aromatic carbocycles. The molecule has 2 heterocycles. The number of hydrogen-bond acceptors (Lipinski definition) is 6. The monoisotopic (exact) mass is 384 g/mol. The Morgan fingerprint density at radius 3 is 2.62 bits per heavy atom. The first-order valence-corrected chi connectivity index (χ1v) is 8.94. The molecule has 0 atom stereocenters. The van der Waals surface area contributed by atoms with Crippen LogP contribution in [-0.2, 0) is 13.6 Å². The molecule has 1 N–H and O–H groups in total. The highest BCUT2D eigenvalue weighted by Crippen LogP contribution is 2.33. The minimum absolute atomic E-state index is 0.628. The van der Waals surface area contributed by atoms with Gasteiger partial charge >= 0.3 is 0 Å². The molecule has 5 nitrogen and oxygen atoms in total. The first-order valence-electron chi connectivity index (χ1n) is 8.05. The molecule has 0 bridgehead atoms. The van der Waals surface area contributed by atoms with Crippen LogP contribution in [0.5, 0.6) is 0 Å². The Hall–Kier alpha value is -2.38. The zero-order valence-electron chi connectivity index (χ0n) is 14.5. The molecule has 0 unspecified atom stereocenters. The number of carbonyl (C=O) groups excluding carboxylic acids is 1. The molecule has 3 aromatic rings. The fraction of sp³-hybridized carbons (Fsp3) is 0.158. The van der Waals surface area contributed by atoms with E-state index in [9.17, 15) is 4.79 Å². The second-order valence-corrected chi connectivity index (χ2v) is 6.97. The van der Waals surface area contributed by atoms with E-state index in [1.54, 1.807) is 18.2 Å². The van der Waals surface area contributed by atoms with Crippen molar-refractivity contribution in [2.45, 2.75) is 16.3 Å². The predicted octanol–water partition coefficient (Wildman–Crippen LogP) is 4.19. The van der Waals surface area contributed by atoms with Gasteiger partial charge in [0.15, 0.2) is 0 Å². The van der Waals surface area contributed by atoms with Crippen LogP contribution in [0.2, 0.25) is 0 Å². The molecule has 0 aliphatic carbocycles. The maximum Gasteiger partial charge on any atom is 0.150 e. The van der Waals surface area contributed by atoms with E-state index in [0.717, 1.165) is 34.1 Å². The van der Waals surface area contributed by atoms with Crippen LogP contribution in [0.1, 0.15) is 15.9 Å². The molecule has 1 aliphatic rings. The number of rotatable bonds is 1. The van der Waals surface area contributed by atoms with Crippen molar-refractivity contribution in [2.24, 2.45) is 7.05 Å². The smallest absolute Gasteiger partial charge is 0.150 e. The van der Waals surface area contributed by atoms with Gasteiger partial charge in [-0.25, -0.2) is 0 Å². The summed E-state index contributed by atoms with van der Waals surface area (Å²) in [4.78, 5) is 14.0. The van der Waals surface area contributed by atoms with E-state index in [-0.39, 0.29) is 0 Å². The average molecular weight is 385 g/mol. The normalized spacial score (nSPS) is 12.1. The third-order valence-corrected chi connectivity index (χ3v) is 5.06. The fourth-order valence-corrected chi connectivity index (χ4v) is 3.12. The molecule has 0 radical (unpaired) electrons. The van der Waals surface area contributed by atoms with E-state index in [2.05, 4.69) is 65.8 Å². The number of aldehydes is 1. The average Bonchev–Trinajstić information content (AvgIpc) is 2.90. The molecular weight excluding hydrogens is 364 g/mol. The van der Waals surface area contributed by atoms with Gasteiger partial charge in [-0.3, -0.25) is 9.48 Å². The number of fused-ring (bicyclic) bond motifs is 2. The topological polar surface area (TPSA) is 50.2 Å². The van der Waals surface area contributed by atoms with Crippen molar-refractivity contribution in [3.8, 4) is 0 Å². The Morgan fingerprint density at radius 1 is 1.12 bits per heavy atom. The van der Waals surface area contributed by atoms with Crippen LogP contribution >= 0.6 is 25.3 Å². The number of thiol groups is 2. The molecule has 26 heavy (non-hydrogen) atoms. The standard InChI is InChI=1S/C12H14N4.C7H6OS2/c1-15-8-9-7-13-16(2)12(9)14-10-5-3-4-6-11(10)15;8-4-5-1-2-6(9)7(10)3-5/h3-7,14H,8H2,1-2H3;1-4,9-10H. The van der Waals surface area contributed by atoms with E-state index in [1.807, 2.05) is 24.0 Å². The Balaban J connectivity index is 0.000000170. The number of anilines is 3. The molecule has 1 aliphatic heterocycles. The summed E-state index contributed by atoms with van der Waals surface area (Å²) >= 11 is 8.18. The van der Waals surface area contributed by atoms with Crippen molar-refractivity contribution in [2.75, 3.05) is 17.3 Å². The first-order chi connectivity index (χ1) is 12.5. The summed E-state index contributed by atoms with van der Waals surface area (Å²) in [6.45, 7) is 0.882. The highest BCUT2D eigenvalue weighted by molar-refractivity contribution is 7.83. The van der Waals surface area contributed by atoms with Crippen molar-refractivity contribution in [3.63, 3.8) is 0 Å². The second kappa shape index (κ2) is 7.88. The Morgan fingerprint density at radius 2 is 1.88 bits per heavy atom. The SMILES string of the molecule is CN1Cc2cnn(C)c2Nc2ccccc21.O=Cc1ccc(S)c(S)c1. The quantitative estimate of drug-likeness (QED) is 0.435. The van der Waals surface area contributed by atoms with Gasteiger partial charge in [0.1, 0.15) is 12.1 Å². The first kappa shape index (κ1) is 18.4. The maximum atomic E-state index is 10.2. The van der Waals surface area contributed by atoms with E-state index < -0.39 is 0 Å². The van der Waals surface area contributed by atoms with Gasteiger partial charge in [-0.2, -0.15) is 5.10 Å². The largest absolute Gasteiger partial charge is 0.368 e. The summed E-state index contributed by atoms with van der Waals surface area (Å²) in [6.07, 6.45) is 2.71. The van der Waals surface area contributed by atoms with E-state index >= 15 is 0 Å². The Kier molecular flexibility index (Phi) is 5.58. The molecule has 7 heteroatoms. The third-order valence-electron chi connectivity index (χ3n) is 4.13. The van der Waals surface area contributed by atoms with E-state index in [0.29, 0.717) is 5.56 Å². The van der Waals surface area contributed by atoms with Crippen LogP contribution in [0, 0.1) is 0 Å². The predicted molar refractivity (Wildman–Crippen MR) is 111 cm³/mol. The lowest BCUT2D eigenvalue weighted by Gasteiger charge is -2.18. The van der Waals surface area contributed by atoms with Gasteiger partial charge in [0.2, 0.25) is 0 Å². The van der Waals surface area contributed by atoms with E-state index in [1.165, 1.54) is 11.3 Å². The molecule has 0 amide bonds. The van der Waals surface area contributed by atoms with Crippen LogP contribution in [0.25, 0.3) is 0 Å². The molecule has 0 spiro atoms. The number of para-hydroxylation sites is 2. The summed E-state index contributed by atoms with van der Waals surface area (Å²) in [5, 5.41) is 7.72. The highest BCUT2D eigenvalue weighted by atomic mass is 32.1. The molecule has 1 aromatic heterocycles. The molecular formula is C19H20N4OS2. The number of nitrogens with zero attached hydrogens (tertiary/aromatic N) is 3. The van der Waals surface area contributed by atoms with Crippen LogP contribution in [0.15, 0.2) is 58.5 Å². The number of benzene rings is 2. The van der Waals surface area contributed by atoms with Crippen LogP contribution in [0.4, 0.5) is 17.2 Å². The third kappa shape index (κ3) is 3.89. The zero-order chi connectivity index (χ0) is 18.7. The van der Waals surface area contributed by atoms with Crippen molar-refractivity contribution in [1.29, 1.82) is 0 Å². The van der Waals surface area contributed by atoms with Crippen LogP contribution < -0.4 is 10.2 Å². The minimum Gasteiger partial charge on any atom is -0.368 e. The van der Waals surface area contributed by atoms with Gasteiger partial charge in [-0.1, -0.05) is 18.2 Å². The second-order valence-electron chi connectivity index (χ2n) is 6.01. The van der Waals surface area contributed by atoms with Gasteiger partial charge in [0, 0.05) is 41.6 Å². The van der Waals surface area contributed by atoms with Gasteiger partial charge < -0.3 is 10.2 Å². The number of aromatic nitrogens is 2. The Labute approximate surface area is 163 Å². The molecule has 0 saturated heterocycles. The molecule has 4 rings (SSSR count). The summed E-state index contributed by atoms with van der Waals surface area (Å²) in [5.41, 5.74) is 4.20. The van der Waals surface area contributed by atoms with Crippen molar-refractivity contribution >= 4 is 48.7 Å². The summed E-state index contributed by atoms with van der Waals surface area (Å²) in [6, 6.07) is 13.4. The summed E-state index contributed by atoms with van der Waals surface area (Å²) < 4.78 is 1.88. The summed E-state index contributed by atoms with van der Waals surface area (Å²) in [7, 11) is 4.06. The number of aryl methyl sites for hydroxylation is 1. The Bertz CT molecular complexity index is 939. The van der Waals surface area contributed by atoms with E-state index in [4.69, 9.17) is 0 Å². The van der Waals surface area contributed by atoms with Crippen LogP contribution in [-0.4, -0.2) is 23.1 Å². The number of hydrogen-bond donors (Lipinski definition) is 3. The van der Waals surface area contributed by atoms with Crippen LogP contribution in [0.3, 0.4) is 0 Å². The number of nitrogens with one attached hydrogen (secondary N) is 1. The zero-order valence-corrected chi connectivity index (χ0v) is 16.3. The van der Waals surface area contributed by atoms with Gasteiger partial charge in [0.25, 0.3) is 0 Å². The maximum absolute atomic E-state index is 10.2. The van der Waals surface area contributed by atoms with Gasteiger partial charge in [-0.05, 0) is 24.3 Å². The van der Waals surface area contributed by atoms with Crippen molar-refractivity contribution in [1.82, 2.24) is 9.78 Å². The lowest BCUT2D eigenvalue weighted by Crippen LogP contribution is -2.14. The summed E-state index contributed by atoms with van der Waals surface area (Å²) in [5.74, 6) is 1.08. The lowest BCUT2D eigenvalue weighted by molar-refractivity contribution is 0.112. The van der Waals surface area contributed by atoms with Gasteiger partial charge in [-0.15, -0.1) is 25.3 Å². The molecule has 0 fully saturated rings. The number of carbonyl (C=O) groups is 1. The van der Waals surface area contributed by atoms with Crippen molar-refractivity contribution < 1.29 is 4.79 Å². The van der Waals surface area contributed by atoms with Crippen molar-refractivity contribution in [3.05, 3.63) is 59.8 Å². The highest BCUT2D eigenvalue weighted by Gasteiger charge is 2.18. The van der Waals surface area contributed by atoms with Gasteiger partial charge in [0.05, 0.1) is 17.6 Å². The molecule has 134 valence electrons. The lowest BCUT2D eigenvalue weighted by atomic mass is 10.2. The molecule has 0 saturated carbocycles.